The summed E-state index contributed by atoms with van der Waals surface area (Å²) in [6.45, 7) is 6.52. The smallest absolute Gasteiger partial charge is 0.193 e. The van der Waals surface area contributed by atoms with E-state index in [9.17, 15) is 0 Å². The lowest BCUT2D eigenvalue weighted by Gasteiger charge is -2.28. The molecule has 0 amide bonds. The number of methoxy groups -OCH3 is 1. The van der Waals surface area contributed by atoms with E-state index in [1.807, 2.05) is 12.1 Å². The van der Waals surface area contributed by atoms with Crippen LogP contribution in [-0.2, 0) is 4.74 Å². The van der Waals surface area contributed by atoms with Crippen molar-refractivity contribution in [3.05, 3.63) is 29.8 Å². The van der Waals surface area contributed by atoms with Crippen LogP contribution < -0.4 is 10.1 Å². The summed E-state index contributed by atoms with van der Waals surface area (Å²) in [5.41, 5.74) is 1.22. The van der Waals surface area contributed by atoms with Gasteiger partial charge in [-0.1, -0.05) is 12.1 Å². The lowest BCUT2D eigenvalue weighted by Crippen LogP contribution is -2.40. The van der Waals surface area contributed by atoms with Crippen LogP contribution in [-0.4, -0.2) is 76.9 Å². The van der Waals surface area contributed by atoms with Crippen LogP contribution in [0.2, 0.25) is 0 Å². The molecule has 1 N–H and O–H groups in total. The molecule has 1 unspecified atom stereocenters. The quantitative estimate of drug-likeness (QED) is 0.308. The van der Waals surface area contributed by atoms with E-state index in [0.717, 1.165) is 43.9 Å². The highest BCUT2D eigenvalue weighted by Crippen LogP contribution is 2.23. The minimum absolute atomic E-state index is 0. The summed E-state index contributed by atoms with van der Waals surface area (Å²) in [4.78, 5) is 9.43. The van der Waals surface area contributed by atoms with Gasteiger partial charge in [-0.15, -0.1) is 24.0 Å². The van der Waals surface area contributed by atoms with Crippen LogP contribution >= 0.6 is 24.0 Å². The number of guanidine groups is 1. The number of halogens is 1. The van der Waals surface area contributed by atoms with E-state index in [0.29, 0.717) is 6.54 Å². The third-order valence-electron chi connectivity index (χ3n) is 5.43. The highest BCUT2D eigenvalue weighted by molar-refractivity contribution is 14.0. The Morgan fingerprint density at radius 1 is 1.28 bits per heavy atom. The molecule has 0 bridgehead atoms. The zero-order chi connectivity index (χ0) is 20.4. The summed E-state index contributed by atoms with van der Waals surface area (Å²) < 4.78 is 10.9. The number of nitrogens with zero attached hydrogens (tertiary/aromatic N) is 3. The number of benzene rings is 1. The van der Waals surface area contributed by atoms with E-state index in [2.05, 4.69) is 55.3 Å². The van der Waals surface area contributed by atoms with E-state index in [1.165, 1.54) is 24.8 Å². The Kier molecular flexibility index (Phi) is 12.6. The molecule has 2 rings (SSSR count). The van der Waals surface area contributed by atoms with Crippen molar-refractivity contribution in [1.82, 2.24) is 15.1 Å². The van der Waals surface area contributed by atoms with Gasteiger partial charge in [0.25, 0.3) is 0 Å². The van der Waals surface area contributed by atoms with Gasteiger partial charge in [-0.2, -0.15) is 0 Å². The molecule has 1 heterocycles. The maximum atomic E-state index is 5.48. The van der Waals surface area contributed by atoms with Crippen LogP contribution in [0.25, 0.3) is 0 Å². The molecule has 1 atom stereocenters. The van der Waals surface area contributed by atoms with Crippen molar-refractivity contribution < 1.29 is 9.47 Å². The Morgan fingerprint density at radius 3 is 2.62 bits per heavy atom. The third-order valence-corrected chi connectivity index (χ3v) is 5.43. The van der Waals surface area contributed by atoms with Gasteiger partial charge in [0.15, 0.2) is 5.96 Å². The SMILES string of the molecule is CCNC(=NCC(c1cccc(OC)c1)N(C)C)N(C)CCC1CCOCC1.I. The molecule has 1 aliphatic heterocycles. The summed E-state index contributed by atoms with van der Waals surface area (Å²) >= 11 is 0. The summed E-state index contributed by atoms with van der Waals surface area (Å²) in [5.74, 6) is 2.63. The molecule has 0 aromatic heterocycles. The highest BCUT2D eigenvalue weighted by Gasteiger charge is 2.17. The monoisotopic (exact) mass is 518 g/mol. The standard InChI is InChI=1S/C22H38N4O2.HI/c1-6-23-22(26(4)13-10-18-11-14-28-15-12-18)24-17-21(25(2)3)19-8-7-9-20(16-19)27-5;/h7-9,16,18,21H,6,10-15,17H2,1-5H3,(H,23,24);1H. The van der Waals surface area contributed by atoms with Crippen LogP contribution in [0.3, 0.4) is 0 Å². The molecule has 166 valence electrons. The second-order valence-electron chi connectivity index (χ2n) is 7.72. The average molecular weight is 518 g/mol. The molecule has 1 aromatic carbocycles. The van der Waals surface area contributed by atoms with Crippen molar-refractivity contribution in [2.24, 2.45) is 10.9 Å². The van der Waals surface area contributed by atoms with E-state index in [-0.39, 0.29) is 30.0 Å². The lowest BCUT2D eigenvalue weighted by atomic mass is 9.96. The van der Waals surface area contributed by atoms with Gasteiger partial charge in [0.1, 0.15) is 5.75 Å². The van der Waals surface area contributed by atoms with Gasteiger partial charge >= 0.3 is 0 Å². The van der Waals surface area contributed by atoms with Gasteiger partial charge in [0.2, 0.25) is 0 Å². The molecule has 1 saturated heterocycles. The molecule has 0 saturated carbocycles. The van der Waals surface area contributed by atoms with Crippen molar-refractivity contribution in [1.29, 1.82) is 0 Å². The highest BCUT2D eigenvalue weighted by atomic mass is 127. The van der Waals surface area contributed by atoms with Crippen LogP contribution in [0.1, 0.15) is 37.8 Å². The molecule has 7 heteroatoms. The molecule has 0 radical (unpaired) electrons. The topological polar surface area (TPSA) is 49.3 Å². The van der Waals surface area contributed by atoms with Gasteiger partial charge < -0.3 is 24.6 Å². The Bertz CT molecular complexity index is 606. The second-order valence-corrected chi connectivity index (χ2v) is 7.72. The van der Waals surface area contributed by atoms with Gasteiger partial charge in [-0.25, -0.2) is 0 Å². The zero-order valence-electron chi connectivity index (χ0n) is 18.7. The summed E-state index contributed by atoms with van der Waals surface area (Å²) in [5, 5.41) is 3.45. The maximum Gasteiger partial charge on any atom is 0.193 e. The largest absolute Gasteiger partial charge is 0.497 e. The Balaban J connectivity index is 0.00000420. The van der Waals surface area contributed by atoms with Gasteiger partial charge in [0, 0.05) is 33.4 Å². The van der Waals surface area contributed by atoms with E-state index in [1.54, 1.807) is 7.11 Å². The minimum atomic E-state index is 0. The zero-order valence-corrected chi connectivity index (χ0v) is 21.0. The van der Waals surface area contributed by atoms with Crippen molar-refractivity contribution in [3.8, 4) is 5.75 Å². The predicted octanol–water partition coefficient (Wildman–Crippen LogP) is 3.63. The molecule has 6 nitrogen and oxygen atoms in total. The summed E-state index contributed by atoms with van der Waals surface area (Å²) in [6, 6.07) is 8.47. The van der Waals surface area contributed by atoms with E-state index < -0.39 is 0 Å². The first-order valence-electron chi connectivity index (χ1n) is 10.4. The van der Waals surface area contributed by atoms with Gasteiger partial charge in [-0.05, 0) is 63.9 Å². The van der Waals surface area contributed by atoms with Gasteiger partial charge in [-0.3, -0.25) is 4.99 Å². The lowest BCUT2D eigenvalue weighted by molar-refractivity contribution is 0.0625. The van der Waals surface area contributed by atoms with Crippen LogP contribution in [0.15, 0.2) is 29.3 Å². The minimum Gasteiger partial charge on any atom is -0.497 e. The molecule has 1 fully saturated rings. The van der Waals surface area contributed by atoms with Gasteiger partial charge in [0.05, 0.1) is 19.7 Å². The first kappa shape index (κ1) is 26.0. The number of ether oxygens (including phenoxy) is 2. The van der Waals surface area contributed by atoms with Crippen LogP contribution in [0.4, 0.5) is 0 Å². The Hall–Kier alpha value is -1.06. The number of rotatable bonds is 9. The molecule has 1 aromatic rings. The first-order chi connectivity index (χ1) is 13.5. The summed E-state index contributed by atoms with van der Waals surface area (Å²) in [7, 11) is 8.04. The van der Waals surface area contributed by atoms with E-state index in [4.69, 9.17) is 14.5 Å². The molecule has 0 spiro atoms. The molecule has 0 aliphatic carbocycles. The fourth-order valence-corrected chi connectivity index (χ4v) is 3.58. The van der Waals surface area contributed by atoms with Crippen molar-refractivity contribution in [2.45, 2.75) is 32.2 Å². The van der Waals surface area contributed by atoms with Crippen molar-refractivity contribution in [3.63, 3.8) is 0 Å². The maximum absolute atomic E-state index is 5.48. The average Bonchev–Trinajstić information content (AvgIpc) is 2.72. The number of likely N-dealkylation sites (N-methyl/N-ethyl adjacent to an activating group) is 1. The fraction of sp³-hybridized carbons (Fsp3) is 0.682. The Morgan fingerprint density at radius 2 is 2.00 bits per heavy atom. The molecular formula is C22H39IN4O2. The first-order valence-corrected chi connectivity index (χ1v) is 10.4. The molecule has 29 heavy (non-hydrogen) atoms. The summed E-state index contributed by atoms with van der Waals surface area (Å²) in [6.07, 6.45) is 3.55. The molecule has 1 aliphatic rings. The predicted molar refractivity (Wildman–Crippen MR) is 132 cm³/mol. The fourth-order valence-electron chi connectivity index (χ4n) is 3.58. The number of nitrogens with one attached hydrogen (secondary N) is 1. The number of hydrogen-bond donors (Lipinski definition) is 1. The van der Waals surface area contributed by atoms with Crippen molar-refractivity contribution in [2.75, 3.05) is 61.1 Å². The van der Waals surface area contributed by atoms with Crippen LogP contribution in [0.5, 0.6) is 5.75 Å². The normalized spacial score (nSPS) is 16.3. The van der Waals surface area contributed by atoms with Crippen molar-refractivity contribution >= 4 is 29.9 Å². The Labute approximate surface area is 194 Å². The van der Waals surface area contributed by atoms with Crippen LogP contribution in [0, 0.1) is 5.92 Å². The molecular weight excluding hydrogens is 479 g/mol. The van der Waals surface area contributed by atoms with E-state index >= 15 is 0 Å². The number of hydrogen-bond acceptors (Lipinski definition) is 4. The third kappa shape index (κ3) is 8.68. The second kappa shape index (κ2) is 14.0. The number of aliphatic imine (C=N–C) groups is 1.